The molecule has 1 aliphatic carbocycles. The summed E-state index contributed by atoms with van der Waals surface area (Å²) in [6.07, 6.45) is 6.72. The van der Waals surface area contributed by atoms with Gasteiger partial charge in [-0.2, -0.15) is 0 Å². The van der Waals surface area contributed by atoms with E-state index >= 15 is 0 Å². The van der Waals surface area contributed by atoms with E-state index in [1.807, 2.05) is 12.1 Å². The molecular formula is C11H11BrO. The fraction of sp³-hybridized carbons (Fsp3) is 0.273. The first kappa shape index (κ1) is 8.82. The number of hydrogen-bond donors (Lipinski definition) is 0. The monoisotopic (exact) mass is 238 g/mol. The van der Waals surface area contributed by atoms with Crippen LogP contribution < -0.4 is 15.2 Å². The van der Waals surface area contributed by atoms with Crippen LogP contribution in [0.2, 0.25) is 0 Å². The molecular weight excluding hydrogens is 228 g/mol. The van der Waals surface area contributed by atoms with Crippen LogP contribution >= 0.6 is 15.9 Å². The van der Waals surface area contributed by atoms with Gasteiger partial charge in [-0.3, -0.25) is 0 Å². The molecule has 0 saturated heterocycles. The third-order valence-electron chi connectivity index (χ3n) is 2.28. The smallest absolute Gasteiger partial charge is 0.126 e. The highest BCUT2D eigenvalue weighted by Gasteiger charge is 2.02. The predicted molar refractivity (Wildman–Crippen MR) is 58.1 cm³/mol. The molecule has 0 unspecified atom stereocenters. The van der Waals surface area contributed by atoms with Crippen LogP contribution in [0.1, 0.15) is 12.8 Å². The fourth-order valence-corrected chi connectivity index (χ4v) is 2.15. The van der Waals surface area contributed by atoms with Crippen molar-refractivity contribution >= 4 is 28.1 Å². The van der Waals surface area contributed by atoms with Gasteiger partial charge < -0.3 is 4.74 Å². The van der Waals surface area contributed by atoms with E-state index in [0.717, 1.165) is 23.1 Å². The number of methoxy groups -OCH3 is 1. The van der Waals surface area contributed by atoms with Crippen molar-refractivity contribution in [2.45, 2.75) is 12.8 Å². The van der Waals surface area contributed by atoms with E-state index in [9.17, 15) is 0 Å². The molecule has 0 heterocycles. The van der Waals surface area contributed by atoms with Gasteiger partial charge in [0.15, 0.2) is 0 Å². The molecule has 1 aliphatic rings. The number of halogens is 1. The molecule has 2 rings (SSSR count). The Labute approximate surface area is 85.9 Å². The second kappa shape index (κ2) is 3.54. The lowest BCUT2D eigenvalue weighted by atomic mass is 10.1. The molecule has 1 aromatic carbocycles. The quantitative estimate of drug-likeness (QED) is 0.726. The molecule has 0 aromatic heterocycles. The van der Waals surface area contributed by atoms with Crippen molar-refractivity contribution in [2.75, 3.05) is 7.11 Å². The maximum Gasteiger partial charge on any atom is 0.126 e. The first-order valence-corrected chi connectivity index (χ1v) is 5.15. The number of fused-ring (bicyclic) bond motifs is 1. The lowest BCUT2D eigenvalue weighted by Crippen LogP contribution is -2.29. The molecule has 0 bridgehead atoms. The molecule has 0 radical (unpaired) electrons. The summed E-state index contributed by atoms with van der Waals surface area (Å²) in [6.45, 7) is 0. The summed E-state index contributed by atoms with van der Waals surface area (Å²) in [6, 6.07) is 4.03. The van der Waals surface area contributed by atoms with Crippen molar-refractivity contribution < 1.29 is 4.74 Å². The molecule has 0 atom stereocenters. The normalized spacial score (nSPS) is 14.0. The number of benzene rings is 1. The van der Waals surface area contributed by atoms with Crippen LogP contribution in [0.5, 0.6) is 5.75 Å². The van der Waals surface area contributed by atoms with Gasteiger partial charge in [-0.15, -0.1) is 0 Å². The van der Waals surface area contributed by atoms with Crippen molar-refractivity contribution in [3.05, 3.63) is 27.0 Å². The zero-order valence-electron chi connectivity index (χ0n) is 7.51. The highest BCUT2D eigenvalue weighted by atomic mass is 79.9. The van der Waals surface area contributed by atoms with Gasteiger partial charge in [0.25, 0.3) is 0 Å². The van der Waals surface area contributed by atoms with Crippen LogP contribution in [-0.4, -0.2) is 7.11 Å². The Morgan fingerprint density at radius 1 is 1.15 bits per heavy atom. The van der Waals surface area contributed by atoms with E-state index in [-0.39, 0.29) is 0 Å². The van der Waals surface area contributed by atoms with Gasteiger partial charge in [-0.25, -0.2) is 0 Å². The van der Waals surface area contributed by atoms with Gasteiger partial charge in [-0.05, 0) is 30.2 Å². The minimum Gasteiger partial charge on any atom is -0.496 e. The highest BCUT2D eigenvalue weighted by Crippen LogP contribution is 2.09. The summed E-state index contributed by atoms with van der Waals surface area (Å²) in [5.74, 6) is 0.967. The second-order valence-electron chi connectivity index (χ2n) is 3.06. The van der Waals surface area contributed by atoms with E-state index in [4.69, 9.17) is 4.74 Å². The van der Waals surface area contributed by atoms with Gasteiger partial charge in [0.1, 0.15) is 5.75 Å². The van der Waals surface area contributed by atoms with Crippen LogP contribution in [0.15, 0.2) is 16.6 Å². The zero-order chi connectivity index (χ0) is 9.26. The first-order chi connectivity index (χ1) is 6.33. The van der Waals surface area contributed by atoms with Crippen LogP contribution in [0.25, 0.3) is 12.2 Å². The van der Waals surface area contributed by atoms with E-state index in [1.54, 1.807) is 7.11 Å². The molecule has 0 spiro atoms. The van der Waals surface area contributed by atoms with E-state index in [2.05, 4.69) is 28.1 Å². The average molecular weight is 239 g/mol. The van der Waals surface area contributed by atoms with E-state index in [1.165, 1.54) is 10.4 Å². The molecule has 0 saturated carbocycles. The predicted octanol–water partition coefficient (Wildman–Crippen LogP) is 1.81. The van der Waals surface area contributed by atoms with Crippen molar-refractivity contribution in [3.63, 3.8) is 0 Å². The molecule has 68 valence electrons. The van der Waals surface area contributed by atoms with Crippen molar-refractivity contribution in [3.8, 4) is 5.75 Å². The Bertz CT molecular complexity index is 434. The summed E-state index contributed by atoms with van der Waals surface area (Å²) in [5, 5.41) is 2.49. The van der Waals surface area contributed by atoms with Crippen LogP contribution in [-0.2, 0) is 0 Å². The lowest BCUT2D eigenvalue weighted by molar-refractivity contribution is 0.410. The maximum absolute atomic E-state index is 5.30. The largest absolute Gasteiger partial charge is 0.496 e. The molecule has 13 heavy (non-hydrogen) atoms. The van der Waals surface area contributed by atoms with Gasteiger partial charge in [0.05, 0.1) is 7.11 Å². The van der Waals surface area contributed by atoms with Gasteiger partial charge in [-0.1, -0.05) is 28.1 Å². The number of hydrogen-bond acceptors (Lipinski definition) is 1. The average Bonchev–Trinajstić information content (AvgIpc) is 2.19. The third kappa shape index (κ3) is 1.51. The summed E-state index contributed by atoms with van der Waals surface area (Å²) in [5.41, 5.74) is 0. The summed E-state index contributed by atoms with van der Waals surface area (Å²) < 4.78 is 6.45. The molecule has 1 nitrogen and oxygen atoms in total. The summed E-state index contributed by atoms with van der Waals surface area (Å²) in [4.78, 5) is 0. The molecule has 1 aromatic rings. The summed E-state index contributed by atoms with van der Waals surface area (Å²) >= 11 is 3.54. The minimum atomic E-state index is 0.967. The Morgan fingerprint density at radius 2 is 1.85 bits per heavy atom. The van der Waals surface area contributed by atoms with Gasteiger partial charge in [0, 0.05) is 9.69 Å². The van der Waals surface area contributed by atoms with Gasteiger partial charge >= 0.3 is 0 Å². The molecule has 0 amide bonds. The Morgan fingerprint density at radius 3 is 2.54 bits per heavy atom. The number of rotatable bonds is 1. The highest BCUT2D eigenvalue weighted by molar-refractivity contribution is 9.10. The minimum absolute atomic E-state index is 0.967. The molecule has 2 heteroatoms. The first-order valence-electron chi connectivity index (χ1n) is 4.36. The Hall–Kier alpha value is -0.760. The van der Waals surface area contributed by atoms with Crippen molar-refractivity contribution in [2.24, 2.45) is 0 Å². The Kier molecular flexibility index (Phi) is 2.40. The standard InChI is InChI=1S/C11H11BrO/c1-13-11-7-6-10(12)8-4-2-3-5-9(8)11/h4-7H,2-3H2,1H3. The van der Waals surface area contributed by atoms with Crippen LogP contribution in [0.3, 0.4) is 0 Å². The number of ether oxygens (including phenoxy) is 1. The third-order valence-corrected chi connectivity index (χ3v) is 2.97. The SMILES string of the molecule is COc1ccc(Br)c2c1=CCCC=2. The zero-order valence-corrected chi connectivity index (χ0v) is 9.10. The molecule has 0 aliphatic heterocycles. The van der Waals surface area contributed by atoms with E-state index in [0.29, 0.717) is 0 Å². The molecule has 0 fully saturated rings. The topological polar surface area (TPSA) is 9.23 Å². The lowest BCUT2D eigenvalue weighted by Gasteiger charge is -2.06. The maximum atomic E-state index is 5.30. The summed E-state index contributed by atoms with van der Waals surface area (Å²) in [7, 11) is 1.71. The molecule has 0 N–H and O–H groups in total. The van der Waals surface area contributed by atoms with Crippen molar-refractivity contribution in [1.82, 2.24) is 0 Å². The Balaban J connectivity index is 2.83. The van der Waals surface area contributed by atoms with Crippen LogP contribution in [0, 0.1) is 0 Å². The van der Waals surface area contributed by atoms with E-state index < -0.39 is 0 Å². The van der Waals surface area contributed by atoms with Crippen molar-refractivity contribution in [1.29, 1.82) is 0 Å². The van der Waals surface area contributed by atoms with Gasteiger partial charge in [0.2, 0.25) is 0 Å². The fourth-order valence-electron chi connectivity index (χ4n) is 1.64. The second-order valence-corrected chi connectivity index (χ2v) is 3.92. The van der Waals surface area contributed by atoms with Crippen LogP contribution in [0.4, 0.5) is 0 Å².